The van der Waals surface area contributed by atoms with E-state index in [1.165, 1.54) is 35.2 Å². The van der Waals surface area contributed by atoms with E-state index in [9.17, 15) is 45.5 Å². The molecule has 3 fully saturated rings. The number of likely N-dealkylation sites (tertiary alicyclic amines) is 1. The zero-order valence-electron chi connectivity index (χ0n) is 34.5. The third-order valence-corrected chi connectivity index (χ3v) is 12.2. The summed E-state index contributed by atoms with van der Waals surface area (Å²) in [6.45, 7) is 2.34. The second-order valence-corrected chi connectivity index (χ2v) is 16.5. The van der Waals surface area contributed by atoms with Gasteiger partial charge in [-0.15, -0.1) is 13.2 Å². The lowest BCUT2D eigenvalue weighted by Gasteiger charge is -2.36. The maximum absolute atomic E-state index is 14.3. The second-order valence-electron chi connectivity index (χ2n) is 16.5. The van der Waals surface area contributed by atoms with Crippen LogP contribution in [0, 0.1) is 5.92 Å². The van der Waals surface area contributed by atoms with Crippen LogP contribution in [0.25, 0.3) is 16.3 Å². The van der Waals surface area contributed by atoms with Crippen LogP contribution in [0.5, 0.6) is 0 Å². The van der Waals surface area contributed by atoms with Crippen LogP contribution >= 0.6 is 0 Å². The molecule has 0 bridgehead atoms. The van der Waals surface area contributed by atoms with E-state index in [0.29, 0.717) is 79.5 Å². The van der Waals surface area contributed by atoms with E-state index in [1.807, 2.05) is 0 Å². The molecular formula is C44H49F6N7O5. The normalized spacial score (nSPS) is 21.0. The molecule has 0 saturated carbocycles. The Balaban J connectivity index is 0.945. The number of imide groups is 1. The topological polar surface area (TPSA) is 129 Å². The van der Waals surface area contributed by atoms with Crippen LogP contribution in [0.4, 0.5) is 37.7 Å². The second kappa shape index (κ2) is 18.4. The standard InChI is InChI=1S/C44H49F6N7O5/c1-54-26-35(33-11-15-51-24-34(33)42(54)61)29-6-5-28(20-32(22-29)62-44(48,49)50)25-56-16-3-4-31(14-17-56)55(2)40(59)21-27-12-18-57(19-13-27)38-9-7-30(23-36(38)43(45,46)47)52-37-8-10-39(58)53-41(37)60/h5-7,9,11,15,22-24,26-27,31,37,52H,3-4,8,10,12-14,16-21,25H2,1-2H3,(H,53,58,60). The number of aromatic nitrogens is 2. The molecule has 5 heterocycles. The minimum absolute atomic E-state index is 0.0111. The average molecular weight is 870 g/mol. The van der Waals surface area contributed by atoms with Crippen LogP contribution in [0.2, 0.25) is 0 Å². The Morgan fingerprint density at radius 3 is 2.47 bits per heavy atom. The summed E-state index contributed by atoms with van der Waals surface area (Å²) in [5.41, 5.74) is 0.772. The number of amides is 3. The molecular weight excluding hydrogens is 821 g/mol. The number of nitrogens with zero attached hydrogens (tertiary/aromatic N) is 5. The van der Waals surface area contributed by atoms with Gasteiger partial charge in [0.2, 0.25) is 17.7 Å². The largest absolute Gasteiger partial charge is 0.572 e. The fourth-order valence-electron chi connectivity index (χ4n) is 8.90. The molecule has 332 valence electrons. The summed E-state index contributed by atoms with van der Waals surface area (Å²) >= 11 is 0. The minimum Gasteiger partial charge on any atom is -0.410 e. The summed E-state index contributed by atoms with van der Waals surface area (Å²) in [7, 11) is 3.35. The van der Waals surface area contributed by atoms with Crippen LogP contribution in [-0.2, 0) is 32.3 Å². The first-order chi connectivity index (χ1) is 29.4. The van der Waals surface area contributed by atoms with E-state index in [1.54, 1.807) is 48.3 Å². The molecule has 7 rings (SSSR count). The number of allylic oxidation sites excluding steroid dienone is 5. The number of halogens is 6. The number of pyridine rings is 2. The molecule has 4 aliphatic rings. The van der Waals surface area contributed by atoms with Crippen molar-refractivity contribution in [3.63, 3.8) is 0 Å². The first kappa shape index (κ1) is 44.4. The van der Waals surface area contributed by atoms with E-state index >= 15 is 0 Å². The van der Waals surface area contributed by atoms with Gasteiger partial charge in [-0.05, 0) is 97.9 Å². The highest BCUT2D eigenvalue weighted by Crippen LogP contribution is 2.40. The van der Waals surface area contributed by atoms with E-state index in [-0.39, 0.29) is 66.2 Å². The lowest BCUT2D eigenvalue weighted by molar-refractivity contribution is -0.306. The van der Waals surface area contributed by atoms with Crippen LogP contribution in [-0.4, -0.2) is 95.3 Å². The van der Waals surface area contributed by atoms with Crippen molar-refractivity contribution in [1.29, 1.82) is 0 Å². The van der Waals surface area contributed by atoms with Crippen molar-refractivity contribution in [3.05, 3.63) is 93.9 Å². The highest BCUT2D eigenvalue weighted by molar-refractivity contribution is 6.01. The van der Waals surface area contributed by atoms with Crippen LogP contribution in [0.3, 0.4) is 0 Å². The summed E-state index contributed by atoms with van der Waals surface area (Å²) in [6, 6.07) is 4.67. The van der Waals surface area contributed by atoms with Gasteiger partial charge in [0.05, 0.1) is 10.9 Å². The Morgan fingerprint density at radius 2 is 1.74 bits per heavy atom. The Labute approximate surface area is 354 Å². The minimum atomic E-state index is -4.91. The van der Waals surface area contributed by atoms with Gasteiger partial charge in [0.1, 0.15) is 11.8 Å². The summed E-state index contributed by atoms with van der Waals surface area (Å²) < 4.78 is 89.7. The molecule has 1 aromatic carbocycles. The molecule has 18 heteroatoms. The summed E-state index contributed by atoms with van der Waals surface area (Å²) in [5.74, 6) is -1.32. The Bertz CT molecular complexity index is 2350. The van der Waals surface area contributed by atoms with Gasteiger partial charge in [-0.3, -0.25) is 34.4 Å². The molecule has 0 spiro atoms. The summed E-state index contributed by atoms with van der Waals surface area (Å²) in [6.07, 6.45) is 3.58. The lowest BCUT2D eigenvalue weighted by Crippen LogP contribution is -2.47. The number of fused-ring (bicyclic) bond motifs is 1. The first-order valence-corrected chi connectivity index (χ1v) is 20.8. The zero-order chi connectivity index (χ0) is 44.3. The quantitative estimate of drug-likeness (QED) is 0.165. The van der Waals surface area contributed by atoms with Gasteiger partial charge in [0, 0.05) is 101 Å². The molecule has 12 nitrogen and oxygen atoms in total. The van der Waals surface area contributed by atoms with E-state index in [2.05, 4.69) is 25.3 Å². The van der Waals surface area contributed by atoms with Gasteiger partial charge < -0.3 is 24.4 Å². The number of carbonyl (C=O) groups excluding carboxylic acids is 3. The van der Waals surface area contributed by atoms with Gasteiger partial charge in [-0.1, -0.05) is 12.2 Å². The molecule has 0 radical (unpaired) electrons. The molecule has 3 amide bonds. The predicted molar refractivity (Wildman–Crippen MR) is 221 cm³/mol. The monoisotopic (exact) mass is 869 g/mol. The van der Waals surface area contributed by atoms with Gasteiger partial charge in [0.15, 0.2) is 0 Å². The van der Waals surface area contributed by atoms with Crippen molar-refractivity contribution in [3.8, 4) is 0 Å². The molecule has 2 aromatic heterocycles. The Morgan fingerprint density at radius 1 is 0.968 bits per heavy atom. The molecule has 3 saturated heterocycles. The number of hydrogen-bond donors (Lipinski definition) is 2. The third-order valence-electron chi connectivity index (χ3n) is 12.2. The van der Waals surface area contributed by atoms with E-state index in [0.717, 1.165) is 18.9 Å². The molecule has 2 unspecified atom stereocenters. The van der Waals surface area contributed by atoms with Crippen molar-refractivity contribution in [2.75, 3.05) is 50.0 Å². The average Bonchev–Trinajstić information content (AvgIpc) is 3.57. The predicted octanol–water partition coefficient (Wildman–Crippen LogP) is 6.92. The number of aryl methyl sites for hydroxylation is 1. The number of carbonyl (C=O) groups is 3. The Hall–Kier alpha value is -5.65. The number of benzene rings is 1. The van der Waals surface area contributed by atoms with Crippen molar-refractivity contribution in [2.24, 2.45) is 13.0 Å². The molecule has 62 heavy (non-hydrogen) atoms. The molecule has 3 aromatic rings. The highest BCUT2D eigenvalue weighted by atomic mass is 19.4. The van der Waals surface area contributed by atoms with Crippen LogP contribution < -0.4 is 21.1 Å². The van der Waals surface area contributed by atoms with E-state index in [4.69, 9.17) is 0 Å². The van der Waals surface area contributed by atoms with E-state index < -0.39 is 36.0 Å². The van der Waals surface area contributed by atoms with Crippen molar-refractivity contribution in [1.82, 2.24) is 24.7 Å². The Kier molecular flexibility index (Phi) is 13.2. The maximum Gasteiger partial charge on any atom is 0.572 e. The fraction of sp³-hybridized carbons (Fsp3) is 0.477. The molecule has 2 N–H and O–H groups in total. The van der Waals surface area contributed by atoms with Crippen molar-refractivity contribution in [2.45, 2.75) is 82.4 Å². The van der Waals surface area contributed by atoms with Crippen molar-refractivity contribution >= 4 is 45.4 Å². The van der Waals surface area contributed by atoms with Gasteiger partial charge in [-0.2, -0.15) is 13.2 Å². The number of hydrogen-bond acceptors (Lipinski definition) is 9. The maximum atomic E-state index is 14.3. The molecule has 3 aliphatic heterocycles. The number of ether oxygens (including phenoxy) is 1. The number of nitrogens with one attached hydrogen (secondary N) is 2. The highest BCUT2D eigenvalue weighted by Gasteiger charge is 2.38. The SMILES string of the molecule is CN(C(=O)CC1CCN(c2ccc(NC3CCC(=O)NC3=O)cc2C(F)(F)F)CC1)C1CCCN(CC2=CC=C(c3cn(C)c(=O)c4cnccc34)C=C(OC(F)(F)F)C2)CC1. The molecule has 2 atom stereocenters. The molecule has 1 aliphatic carbocycles. The lowest BCUT2D eigenvalue weighted by atomic mass is 9.91. The van der Waals surface area contributed by atoms with Crippen molar-refractivity contribution < 1.29 is 45.5 Å². The summed E-state index contributed by atoms with van der Waals surface area (Å²) in [5, 5.41) is 5.92. The fourth-order valence-corrected chi connectivity index (χ4v) is 8.90. The smallest absolute Gasteiger partial charge is 0.410 e. The number of piperidine rings is 2. The van der Waals surface area contributed by atoms with Gasteiger partial charge >= 0.3 is 12.5 Å². The van der Waals surface area contributed by atoms with Crippen LogP contribution in [0.1, 0.15) is 68.9 Å². The van der Waals surface area contributed by atoms with Gasteiger partial charge in [-0.25, -0.2) is 0 Å². The first-order valence-electron chi connectivity index (χ1n) is 20.8. The van der Waals surface area contributed by atoms with Gasteiger partial charge in [0.25, 0.3) is 5.56 Å². The van der Waals surface area contributed by atoms with Crippen LogP contribution in [0.15, 0.2) is 77.2 Å². The zero-order valence-corrected chi connectivity index (χ0v) is 34.5. The number of alkyl halides is 6. The summed E-state index contributed by atoms with van der Waals surface area (Å²) in [4.78, 5) is 59.7. The number of anilines is 2. The number of rotatable bonds is 10. The third kappa shape index (κ3) is 10.7.